The lowest BCUT2D eigenvalue weighted by atomic mass is 9.83. The van der Waals surface area contributed by atoms with Crippen LogP contribution in [0, 0.1) is 5.92 Å². The van der Waals surface area contributed by atoms with Gasteiger partial charge in [0, 0.05) is 12.6 Å². The third kappa shape index (κ3) is 6.03. The van der Waals surface area contributed by atoms with E-state index in [4.69, 9.17) is 5.11 Å². The summed E-state index contributed by atoms with van der Waals surface area (Å²) in [5, 5.41) is 21.2. The third-order valence-electron chi connectivity index (χ3n) is 3.60. The topological polar surface area (TPSA) is 69.6 Å². The van der Waals surface area contributed by atoms with Crippen molar-refractivity contribution in [1.29, 1.82) is 0 Å². The number of nitrogens with one attached hydrogen (secondary N) is 1. The van der Waals surface area contributed by atoms with Gasteiger partial charge in [-0.2, -0.15) is 0 Å². The zero-order chi connectivity index (χ0) is 12.7. The Morgan fingerprint density at radius 3 is 2.53 bits per heavy atom. The molecule has 1 aliphatic rings. The number of carboxylic acids is 1. The molecule has 17 heavy (non-hydrogen) atoms. The number of rotatable bonds is 7. The Hall–Kier alpha value is -0.610. The van der Waals surface area contributed by atoms with E-state index in [0.717, 1.165) is 18.8 Å². The molecule has 3 N–H and O–H groups in total. The van der Waals surface area contributed by atoms with Crippen LogP contribution >= 0.6 is 0 Å². The fourth-order valence-electron chi connectivity index (χ4n) is 2.64. The van der Waals surface area contributed by atoms with Crippen molar-refractivity contribution < 1.29 is 15.0 Å². The quantitative estimate of drug-likeness (QED) is 0.637. The highest BCUT2D eigenvalue weighted by molar-refractivity contribution is 5.67. The molecule has 0 aromatic heterocycles. The first-order valence-corrected chi connectivity index (χ1v) is 6.75. The van der Waals surface area contributed by atoms with Gasteiger partial charge in [0.25, 0.3) is 0 Å². The highest BCUT2D eigenvalue weighted by atomic mass is 16.4. The molecule has 1 unspecified atom stereocenters. The summed E-state index contributed by atoms with van der Waals surface area (Å²) in [6, 6.07) is 0.464. The molecule has 1 atom stereocenters. The first-order valence-electron chi connectivity index (χ1n) is 6.75. The van der Waals surface area contributed by atoms with Gasteiger partial charge >= 0.3 is 5.97 Å². The number of aliphatic carboxylic acids is 1. The molecule has 1 aliphatic carbocycles. The average molecular weight is 243 g/mol. The SMILES string of the molecule is CCCC1CCC(NCC(O)CC(=O)O)CC1. The van der Waals surface area contributed by atoms with Gasteiger partial charge in [-0.1, -0.05) is 19.8 Å². The lowest BCUT2D eigenvalue weighted by Gasteiger charge is -2.29. The Kier molecular flexibility index (Phi) is 6.52. The molecule has 0 radical (unpaired) electrons. The number of hydrogen-bond acceptors (Lipinski definition) is 3. The normalized spacial score (nSPS) is 26.7. The Morgan fingerprint density at radius 2 is 2.00 bits per heavy atom. The van der Waals surface area contributed by atoms with E-state index < -0.39 is 12.1 Å². The summed E-state index contributed by atoms with van der Waals surface area (Å²) < 4.78 is 0. The molecule has 0 bridgehead atoms. The molecule has 100 valence electrons. The van der Waals surface area contributed by atoms with Crippen LogP contribution in [0.2, 0.25) is 0 Å². The highest BCUT2D eigenvalue weighted by Crippen LogP contribution is 2.27. The predicted molar refractivity (Wildman–Crippen MR) is 66.9 cm³/mol. The molecule has 0 aromatic carbocycles. The molecule has 4 heteroatoms. The van der Waals surface area contributed by atoms with Crippen LogP contribution in [-0.2, 0) is 4.79 Å². The summed E-state index contributed by atoms with van der Waals surface area (Å²) in [6.07, 6.45) is 6.50. The van der Waals surface area contributed by atoms with E-state index in [0.29, 0.717) is 12.6 Å². The molecule has 0 spiro atoms. The van der Waals surface area contributed by atoms with E-state index in [1.165, 1.54) is 25.7 Å². The van der Waals surface area contributed by atoms with Crippen LogP contribution in [0.4, 0.5) is 0 Å². The molecule has 0 amide bonds. The lowest BCUT2D eigenvalue weighted by Crippen LogP contribution is -2.38. The summed E-state index contributed by atoms with van der Waals surface area (Å²) in [5.74, 6) is -0.0621. The van der Waals surface area contributed by atoms with Crippen LogP contribution in [0.15, 0.2) is 0 Å². The largest absolute Gasteiger partial charge is 0.481 e. The van der Waals surface area contributed by atoms with Gasteiger partial charge in [-0.15, -0.1) is 0 Å². The molecule has 0 saturated heterocycles. The molecule has 1 rings (SSSR count). The van der Waals surface area contributed by atoms with Gasteiger partial charge in [0.1, 0.15) is 0 Å². The average Bonchev–Trinajstić information content (AvgIpc) is 2.28. The van der Waals surface area contributed by atoms with Crippen molar-refractivity contribution in [2.75, 3.05) is 6.54 Å². The fourth-order valence-corrected chi connectivity index (χ4v) is 2.64. The third-order valence-corrected chi connectivity index (χ3v) is 3.60. The molecule has 1 fully saturated rings. The van der Waals surface area contributed by atoms with Crippen molar-refractivity contribution in [2.45, 2.75) is 64.0 Å². The van der Waals surface area contributed by atoms with Crippen LogP contribution in [0.5, 0.6) is 0 Å². The Morgan fingerprint density at radius 1 is 1.35 bits per heavy atom. The Labute approximate surface area is 103 Å². The molecule has 0 heterocycles. The zero-order valence-corrected chi connectivity index (χ0v) is 10.7. The smallest absolute Gasteiger partial charge is 0.306 e. The second kappa shape index (κ2) is 7.67. The number of hydrogen-bond donors (Lipinski definition) is 3. The Bertz CT molecular complexity index is 225. The van der Waals surface area contributed by atoms with E-state index in [1.54, 1.807) is 0 Å². The van der Waals surface area contributed by atoms with Crippen LogP contribution in [0.1, 0.15) is 51.9 Å². The number of carbonyl (C=O) groups is 1. The number of aliphatic hydroxyl groups excluding tert-OH is 1. The highest BCUT2D eigenvalue weighted by Gasteiger charge is 2.21. The van der Waals surface area contributed by atoms with Gasteiger partial charge in [-0.25, -0.2) is 0 Å². The molecule has 4 nitrogen and oxygen atoms in total. The number of carboxylic acid groups (broad SMARTS) is 1. The van der Waals surface area contributed by atoms with Gasteiger partial charge in [0.2, 0.25) is 0 Å². The molecule has 1 saturated carbocycles. The van der Waals surface area contributed by atoms with Crippen molar-refractivity contribution >= 4 is 5.97 Å². The van der Waals surface area contributed by atoms with E-state index in [-0.39, 0.29) is 6.42 Å². The Balaban J connectivity index is 2.11. The minimum absolute atomic E-state index is 0.168. The second-order valence-corrected chi connectivity index (χ2v) is 5.17. The van der Waals surface area contributed by atoms with Crippen LogP contribution < -0.4 is 5.32 Å². The van der Waals surface area contributed by atoms with Gasteiger partial charge in [0.05, 0.1) is 12.5 Å². The van der Waals surface area contributed by atoms with Crippen LogP contribution in [0.25, 0.3) is 0 Å². The van der Waals surface area contributed by atoms with Crippen molar-refractivity contribution in [3.63, 3.8) is 0 Å². The maximum absolute atomic E-state index is 10.4. The first-order chi connectivity index (χ1) is 8.11. The van der Waals surface area contributed by atoms with Crippen molar-refractivity contribution in [3.8, 4) is 0 Å². The summed E-state index contributed by atoms with van der Waals surface area (Å²) in [7, 11) is 0. The summed E-state index contributed by atoms with van der Waals surface area (Å²) in [4.78, 5) is 10.4. The van der Waals surface area contributed by atoms with Gasteiger partial charge in [-0.3, -0.25) is 4.79 Å². The van der Waals surface area contributed by atoms with Gasteiger partial charge in [-0.05, 0) is 31.6 Å². The van der Waals surface area contributed by atoms with Crippen LogP contribution in [0.3, 0.4) is 0 Å². The van der Waals surface area contributed by atoms with Crippen molar-refractivity contribution in [1.82, 2.24) is 5.32 Å². The van der Waals surface area contributed by atoms with Gasteiger partial charge < -0.3 is 15.5 Å². The predicted octanol–water partition coefficient (Wildman–Crippen LogP) is 1.77. The van der Waals surface area contributed by atoms with Crippen molar-refractivity contribution in [2.24, 2.45) is 5.92 Å². The fraction of sp³-hybridized carbons (Fsp3) is 0.923. The summed E-state index contributed by atoms with van der Waals surface area (Å²) in [5.41, 5.74) is 0. The zero-order valence-electron chi connectivity index (χ0n) is 10.7. The maximum atomic E-state index is 10.4. The maximum Gasteiger partial charge on any atom is 0.306 e. The molecular weight excluding hydrogens is 218 g/mol. The lowest BCUT2D eigenvalue weighted by molar-refractivity contribution is -0.139. The second-order valence-electron chi connectivity index (χ2n) is 5.17. The first kappa shape index (κ1) is 14.5. The van der Waals surface area contributed by atoms with E-state index in [2.05, 4.69) is 12.2 Å². The standard InChI is InChI=1S/C13H25NO3/c1-2-3-10-4-6-11(7-5-10)14-9-12(15)8-13(16)17/h10-12,14-15H,2-9H2,1H3,(H,16,17). The summed E-state index contributed by atoms with van der Waals surface area (Å²) >= 11 is 0. The van der Waals surface area contributed by atoms with Gasteiger partial charge in [0.15, 0.2) is 0 Å². The minimum atomic E-state index is -0.939. The monoisotopic (exact) mass is 243 g/mol. The molecule has 0 aliphatic heterocycles. The molecular formula is C13H25NO3. The van der Waals surface area contributed by atoms with E-state index >= 15 is 0 Å². The van der Waals surface area contributed by atoms with E-state index in [9.17, 15) is 9.90 Å². The summed E-state index contributed by atoms with van der Waals surface area (Å²) in [6.45, 7) is 2.63. The van der Waals surface area contributed by atoms with Crippen LogP contribution in [-0.4, -0.2) is 34.9 Å². The number of aliphatic hydroxyl groups is 1. The van der Waals surface area contributed by atoms with E-state index in [1.807, 2.05) is 0 Å². The van der Waals surface area contributed by atoms with Crippen molar-refractivity contribution in [3.05, 3.63) is 0 Å². The minimum Gasteiger partial charge on any atom is -0.481 e. The molecule has 0 aromatic rings.